The van der Waals surface area contributed by atoms with E-state index in [-0.39, 0.29) is 24.7 Å². The van der Waals surface area contributed by atoms with Gasteiger partial charge in [0.25, 0.3) is 0 Å². The highest BCUT2D eigenvalue weighted by Crippen LogP contribution is 2.17. The van der Waals surface area contributed by atoms with Gasteiger partial charge in [0.15, 0.2) is 0 Å². The van der Waals surface area contributed by atoms with Gasteiger partial charge in [-0.1, -0.05) is 0 Å². The van der Waals surface area contributed by atoms with Crippen LogP contribution in [0.5, 0.6) is 0 Å². The van der Waals surface area contributed by atoms with Crippen LogP contribution in [0.4, 0.5) is 10.5 Å². The van der Waals surface area contributed by atoms with E-state index in [2.05, 4.69) is 5.32 Å². The number of aryl methyl sites for hydroxylation is 1. The SMILES string of the molecule is COCCN(CCO)C(=O)Nc1ccc(C(=O)O)cc1C. The van der Waals surface area contributed by atoms with E-state index in [0.29, 0.717) is 24.4 Å². The predicted molar refractivity (Wildman–Crippen MR) is 77.7 cm³/mol. The van der Waals surface area contributed by atoms with Crippen LogP contribution in [0, 0.1) is 6.92 Å². The Labute approximate surface area is 123 Å². The zero-order chi connectivity index (χ0) is 15.8. The number of amides is 2. The summed E-state index contributed by atoms with van der Waals surface area (Å²) >= 11 is 0. The minimum Gasteiger partial charge on any atom is -0.478 e. The van der Waals surface area contributed by atoms with Gasteiger partial charge in [0, 0.05) is 25.9 Å². The lowest BCUT2D eigenvalue weighted by atomic mass is 10.1. The first-order valence-electron chi connectivity index (χ1n) is 6.49. The van der Waals surface area contributed by atoms with Gasteiger partial charge in [-0.3, -0.25) is 0 Å². The van der Waals surface area contributed by atoms with Crippen molar-refractivity contribution in [3.63, 3.8) is 0 Å². The summed E-state index contributed by atoms with van der Waals surface area (Å²) in [7, 11) is 1.53. The molecule has 116 valence electrons. The molecule has 21 heavy (non-hydrogen) atoms. The van der Waals surface area contributed by atoms with Crippen LogP contribution in [-0.2, 0) is 4.74 Å². The van der Waals surface area contributed by atoms with Crippen LogP contribution >= 0.6 is 0 Å². The summed E-state index contributed by atoms with van der Waals surface area (Å²) in [6.45, 7) is 2.49. The van der Waals surface area contributed by atoms with Gasteiger partial charge in [-0.15, -0.1) is 0 Å². The number of nitrogens with zero attached hydrogens (tertiary/aromatic N) is 1. The van der Waals surface area contributed by atoms with Crippen molar-refractivity contribution < 1.29 is 24.5 Å². The number of aromatic carboxylic acids is 1. The highest BCUT2D eigenvalue weighted by molar-refractivity contribution is 5.92. The van der Waals surface area contributed by atoms with Gasteiger partial charge in [-0.2, -0.15) is 0 Å². The Kier molecular flexibility index (Phi) is 6.64. The summed E-state index contributed by atoms with van der Waals surface area (Å²) in [6, 6.07) is 4.09. The molecule has 0 unspecified atom stereocenters. The Hall–Kier alpha value is -2.12. The second-order valence-electron chi connectivity index (χ2n) is 4.47. The van der Waals surface area contributed by atoms with E-state index >= 15 is 0 Å². The molecule has 0 atom stereocenters. The van der Waals surface area contributed by atoms with Gasteiger partial charge in [0.05, 0.1) is 18.8 Å². The number of carbonyl (C=O) groups is 2. The monoisotopic (exact) mass is 296 g/mol. The van der Waals surface area contributed by atoms with Crippen molar-refractivity contribution in [2.45, 2.75) is 6.92 Å². The number of carboxylic acid groups (broad SMARTS) is 1. The van der Waals surface area contributed by atoms with Gasteiger partial charge in [-0.25, -0.2) is 9.59 Å². The maximum absolute atomic E-state index is 12.1. The van der Waals surface area contributed by atoms with Gasteiger partial charge in [0.1, 0.15) is 0 Å². The van der Waals surface area contributed by atoms with Gasteiger partial charge < -0.3 is 25.2 Å². The quantitative estimate of drug-likeness (QED) is 0.701. The first-order valence-corrected chi connectivity index (χ1v) is 6.49. The molecular formula is C14H20N2O5. The number of hydrogen-bond acceptors (Lipinski definition) is 4. The van der Waals surface area contributed by atoms with Crippen LogP contribution < -0.4 is 5.32 Å². The molecule has 0 bridgehead atoms. The zero-order valence-electron chi connectivity index (χ0n) is 12.1. The number of carbonyl (C=O) groups excluding carboxylic acids is 1. The topological polar surface area (TPSA) is 99.1 Å². The summed E-state index contributed by atoms with van der Waals surface area (Å²) < 4.78 is 4.92. The molecule has 0 aliphatic heterocycles. The molecule has 3 N–H and O–H groups in total. The van der Waals surface area contributed by atoms with Gasteiger partial charge >= 0.3 is 12.0 Å². The van der Waals surface area contributed by atoms with Crippen LogP contribution in [0.3, 0.4) is 0 Å². The molecule has 0 aliphatic carbocycles. The minimum absolute atomic E-state index is 0.145. The third-order valence-electron chi connectivity index (χ3n) is 2.94. The van der Waals surface area contributed by atoms with Crippen molar-refractivity contribution in [3.8, 4) is 0 Å². The average molecular weight is 296 g/mol. The molecule has 0 saturated heterocycles. The fourth-order valence-electron chi connectivity index (χ4n) is 1.77. The van der Waals surface area contributed by atoms with Crippen molar-refractivity contribution in [3.05, 3.63) is 29.3 Å². The van der Waals surface area contributed by atoms with E-state index in [4.69, 9.17) is 14.9 Å². The average Bonchev–Trinajstić information content (AvgIpc) is 2.45. The highest BCUT2D eigenvalue weighted by atomic mass is 16.5. The molecule has 0 saturated carbocycles. The second-order valence-corrected chi connectivity index (χ2v) is 4.47. The number of nitrogens with one attached hydrogen (secondary N) is 1. The Balaban J connectivity index is 2.78. The zero-order valence-corrected chi connectivity index (χ0v) is 12.1. The molecule has 7 heteroatoms. The Morgan fingerprint density at radius 2 is 2.05 bits per heavy atom. The van der Waals surface area contributed by atoms with E-state index in [1.807, 2.05) is 0 Å². The van der Waals surface area contributed by atoms with E-state index in [9.17, 15) is 9.59 Å². The normalized spacial score (nSPS) is 10.2. The minimum atomic E-state index is -1.02. The number of benzene rings is 1. The molecule has 0 fully saturated rings. The summed E-state index contributed by atoms with van der Waals surface area (Å²) in [5.74, 6) is -1.02. The smallest absolute Gasteiger partial charge is 0.335 e. The van der Waals surface area contributed by atoms with Gasteiger partial charge in [-0.05, 0) is 30.7 Å². The molecule has 7 nitrogen and oxygen atoms in total. The third kappa shape index (κ3) is 5.05. The summed E-state index contributed by atoms with van der Waals surface area (Å²) in [5, 5.41) is 20.6. The van der Waals surface area contributed by atoms with Crippen LogP contribution in [0.15, 0.2) is 18.2 Å². The molecule has 0 aromatic heterocycles. The third-order valence-corrected chi connectivity index (χ3v) is 2.94. The van der Waals surface area contributed by atoms with E-state index in [1.54, 1.807) is 13.0 Å². The lowest BCUT2D eigenvalue weighted by Gasteiger charge is -2.22. The number of carboxylic acids is 1. The van der Waals surface area contributed by atoms with E-state index in [0.717, 1.165) is 0 Å². The number of hydrogen-bond donors (Lipinski definition) is 3. The summed E-state index contributed by atoms with van der Waals surface area (Å²) in [4.78, 5) is 24.4. The molecule has 1 aromatic rings. The van der Waals surface area contributed by atoms with Crippen LogP contribution in [-0.4, -0.2) is 60.5 Å². The van der Waals surface area contributed by atoms with Crippen molar-refractivity contribution >= 4 is 17.7 Å². The van der Waals surface area contributed by atoms with Crippen LogP contribution in [0.1, 0.15) is 15.9 Å². The number of aliphatic hydroxyl groups is 1. The molecule has 0 radical (unpaired) electrons. The Bertz CT molecular complexity index is 504. The number of rotatable bonds is 7. The fraction of sp³-hybridized carbons (Fsp3) is 0.429. The van der Waals surface area contributed by atoms with Crippen molar-refractivity contribution in [2.24, 2.45) is 0 Å². The molecular weight excluding hydrogens is 276 g/mol. The standard InChI is InChI=1S/C14H20N2O5/c1-10-9-11(13(18)19)3-4-12(10)15-14(20)16(5-7-17)6-8-21-2/h3-4,9,17H,5-8H2,1-2H3,(H,15,20)(H,18,19). The number of anilines is 1. The Morgan fingerprint density at radius 3 is 2.57 bits per heavy atom. The van der Waals surface area contributed by atoms with Crippen molar-refractivity contribution in [1.29, 1.82) is 0 Å². The maximum Gasteiger partial charge on any atom is 0.335 e. The van der Waals surface area contributed by atoms with E-state index in [1.165, 1.54) is 24.1 Å². The summed E-state index contributed by atoms with van der Waals surface area (Å²) in [6.07, 6.45) is 0. The van der Waals surface area contributed by atoms with E-state index < -0.39 is 5.97 Å². The van der Waals surface area contributed by atoms with Crippen molar-refractivity contribution in [2.75, 3.05) is 38.7 Å². The van der Waals surface area contributed by atoms with Crippen LogP contribution in [0.2, 0.25) is 0 Å². The van der Waals surface area contributed by atoms with Crippen LogP contribution in [0.25, 0.3) is 0 Å². The highest BCUT2D eigenvalue weighted by Gasteiger charge is 2.14. The summed E-state index contributed by atoms with van der Waals surface area (Å²) in [5.41, 5.74) is 1.35. The number of methoxy groups -OCH3 is 1. The maximum atomic E-state index is 12.1. The number of aliphatic hydroxyl groups excluding tert-OH is 1. The lowest BCUT2D eigenvalue weighted by Crippen LogP contribution is -2.39. The predicted octanol–water partition coefficient (Wildman–Crippen LogP) is 1.17. The molecule has 1 rings (SSSR count). The molecule has 1 aromatic carbocycles. The lowest BCUT2D eigenvalue weighted by molar-refractivity contribution is 0.0697. The fourth-order valence-corrected chi connectivity index (χ4v) is 1.77. The molecule has 0 aliphatic rings. The molecule has 0 spiro atoms. The number of urea groups is 1. The second kappa shape index (κ2) is 8.23. The van der Waals surface area contributed by atoms with Gasteiger partial charge in [0.2, 0.25) is 0 Å². The van der Waals surface area contributed by atoms with Crippen molar-refractivity contribution in [1.82, 2.24) is 4.90 Å². The molecule has 0 heterocycles. The molecule has 2 amide bonds. The number of ether oxygens (including phenoxy) is 1. The Morgan fingerprint density at radius 1 is 1.33 bits per heavy atom. The largest absolute Gasteiger partial charge is 0.478 e. The first-order chi connectivity index (χ1) is 9.99. The first kappa shape index (κ1) is 16.9.